The summed E-state index contributed by atoms with van der Waals surface area (Å²) in [5.74, 6) is 1.20. The van der Waals surface area contributed by atoms with Gasteiger partial charge in [-0.3, -0.25) is 4.79 Å². The fraction of sp³-hybridized carbons (Fsp3) is 0.607. The molecule has 2 unspecified atom stereocenters. The van der Waals surface area contributed by atoms with E-state index in [9.17, 15) is 4.79 Å². The Morgan fingerprint density at radius 1 is 1.06 bits per heavy atom. The van der Waals surface area contributed by atoms with Gasteiger partial charge in [0.25, 0.3) is 0 Å². The highest BCUT2D eigenvalue weighted by Crippen LogP contribution is 2.40. The summed E-state index contributed by atoms with van der Waals surface area (Å²) in [4.78, 5) is 13.1. The van der Waals surface area contributed by atoms with Gasteiger partial charge >= 0.3 is 0 Å². The van der Waals surface area contributed by atoms with E-state index >= 15 is 0 Å². The van der Waals surface area contributed by atoms with Gasteiger partial charge in [0.05, 0.1) is 25.4 Å². The normalized spacial score (nSPS) is 14.6. The van der Waals surface area contributed by atoms with Gasteiger partial charge in [0.2, 0.25) is 9.04 Å². The monoisotopic (exact) mass is 549 g/mol. The number of benzene rings is 1. The number of rotatable bonds is 12. The number of carbonyl (C=O) groups excluding carboxylic acids is 1. The average molecular weight is 550 g/mol. The van der Waals surface area contributed by atoms with Crippen LogP contribution in [0.4, 0.5) is 0 Å². The van der Waals surface area contributed by atoms with E-state index in [0.29, 0.717) is 30.3 Å². The van der Waals surface area contributed by atoms with E-state index in [-0.39, 0.29) is 22.5 Å². The van der Waals surface area contributed by atoms with Crippen molar-refractivity contribution in [1.29, 1.82) is 0 Å². The summed E-state index contributed by atoms with van der Waals surface area (Å²) >= 11 is 1.61. The Balaban J connectivity index is 2.39. The molecule has 2 rings (SSSR count). The zero-order valence-electron chi connectivity index (χ0n) is 24.0. The molecule has 8 heteroatoms. The van der Waals surface area contributed by atoms with Crippen molar-refractivity contribution in [2.45, 2.75) is 78.9 Å². The first kappa shape index (κ1) is 30.8. The second kappa shape index (κ2) is 12.4. The molecule has 0 saturated carbocycles. The first-order valence-electron chi connectivity index (χ1n) is 12.6. The lowest BCUT2D eigenvalue weighted by Gasteiger charge is -2.41. The highest BCUT2D eigenvalue weighted by atomic mass is 32.1. The third-order valence-corrected chi connectivity index (χ3v) is 12.9. The zero-order chi connectivity index (χ0) is 27.3. The summed E-state index contributed by atoms with van der Waals surface area (Å²) in [5.41, 5.74) is 1.30. The fourth-order valence-corrected chi connectivity index (χ4v) is 6.64. The molecule has 1 aromatic heterocycles. The van der Waals surface area contributed by atoms with Gasteiger partial charge < -0.3 is 18.3 Å². The minimum Gasteiger partial charge on any atom is -0.496 e. The minimum absolute atomic E-state index is 0.00138. The van der Waals surface area contributed by atoms with Crippen molar-refractivity contribution in [3.05, 3.63) is 35.2 Å². The maximum Gasteiger partial charge on any atom is 0.205 e. The van der Waals surface area contributed by atoms with Gasteiger partial charge in [0, 0.05) is 29.0 Å². The zero-order valence-corrected chi connectivity index (χ0v) is 26.8. The lowest BCUT2D eigenvalue weighted by molar-refractivity contribution is -0.00847. The highest BCUT2D eigenvalue weighted by Gasteiger charge is 2.40. The van der Waals surface area contributed by atoms with E-state index in [1.165, 1.54) is 0 Å². The SMILES string of the molecule is COc1cc(OCC(CO[Si](C)(C)C(C)(C)C)C(O[Si](C)C)C(C)(C)C)c(C=O)cc1-c1cccs1. The van der Waals surface area contributed by atoms with Gasteiger partial charge in [-0.2, -0.15) is 0 Å². The Morgan fingerprint density at radius 3 is 2.19 bits per heavy atom. The largest absolute Gasteiger partial charge is 0.496 e. The van der Waals surface area contributed by atoms with Crippen molar-refractivity contribution in [3.8, 4) is 21.9 Å². The molecule has 5 nitrogen and oxygen atoms in total. The van der Waals surface area contributed by atoms with Crippen LogP contribution in [0, 0.1) is 11.3 Å². The molecule has 0 fully saturated rings. The minimum atomic E-state index is -1.97. The van der Waals surface area contributed by atoms with Crippen molar-refractivity contribution in [2.24, 2.45) is 11.3 Å². The maximum absolute atomic E-state index is 12.0. The Morgan fingerprint density at radius 2 is 1.72 bits per heavy atom. The quantitative estimate of drug-likeness (QED) is 0.199. The number of methoxy groups -OCH3 is 1. The molecular weight excluding hydrogens is 505 g/mol. The number of hydrogen-bond donors (Lipinski definition) is 0. The molecule has 0 aliphatic carbocycles. The summed E-state index contributed by atoms with van der Waals surface area (Å²) in [6.07, 6.45) is 0.808. The van der Waals surface area contributed by atoms with Crippen molar-refractivity contribution >= 4 is 35.0 Å². The molecule has 0 amide bonds. The molecule has 0 bridgehead atoms. The second-order valence-electron chi connectivity index (χ2n) is 12.1. The van der Waals surface area contributed by atoms with Crippen LogP contribution in [0.2, 0.25) is 31.2 Å². The molecule has 0 saturated heterocycles. The average Bonchev–Trinajstić information content (AvgIpc) is 3.30. The van der Waals surface area contributed by atoms with Crippen LogP contribution in [0.3, 0.4) is 0 Å². The van der Waals surface area contributed by atoms with Gasteiger partial charge in [-0.25, -0.2) is 0 Å². The first-order chi connectivity index (χ1) is 16.6. The molecule has 36 heavy (non-hydrogen) atoms. The molecule has 201 valence electrons. The molecule has 2 atom stereocenters. The molecule has 0 spiro atoms. The van der Waals surface area contributed by atoms with Crippen molar-refractivity contribution in [3.63, 3.8) is 0 Å². The third-order valence-electron chi connectivity index (χ3n) is 6.81. The van der Waals surface area contributed by atoms with E-state index in [4.69, 9.17) is 18.3 Å². The topological polar surface area (TPSA) is 54.0 Å². The lowest BCUT2D eigenvalue weighted by atomic mass is 9.82. The summed E-state index contributed by atoms with van der Waals surface area (Å²) < 4.78 is 25.3. The number of hydrogen-bond acceptors (Lipinski definition) is 6. The third kappa shape index (κ3) is 8.02. The van der Waals surface area contributed by atoms with Crippen LogP contribution in [-0.4, -0.2) is 50.1 Å². The fourth-order valence-electron chi connectivity index (χ4n) is 3.77. The highest BCUT2D eigenvalue weighted by molar-refractivity contribution is 7.13. The van der Waals surface area contributed by atoms with Crippen molar-refractivity contribution < 1.29 is 23.1 Å². The number of ether oxygens (including phenoxy) is 2. The summed E-state index contributed by atoms with van der Waals surface area (Å²) in [6, 6.07) is 7.69. The Labute approximate surface area is 225 Å². The van der Waals surface area contributed by atoms with E-state index in [0.717, 1.165) is 16.7 Å². The molecule has 0 N–H and O–H groups in total. The predicted octanol–water partition coefficient (Wildman–Crippen LogP) is 7.94. The molecular formula is C28H45O5SSi2. The Bertz CT molecular complexity index is 975. The number of thiophene rings is 1. The van der Waals surface area contributed by atoms with Crippen LogP contribution in [0.25, 0.3) is 10.4 Å². The molecule has 1 aromatic carbocycles. The smallest absolute Gasteiger partial charge is 0.205 e. The van der Waals surface area contributed by atoms with E-state index < -0.39 is 17.4 Å². The Hall–Kier alpha value is -1.46. The van der Waals surface area contributed by atoms with Gasteiger partial charge in [-0.05, 0) is 54.2 Å². The van der Waals surface area contributed by atoms with Crippen molar-refractivity contribution in [2.75, 3.05) is 20.3 Å². The van der Waals surface area contributed by atoms with Gasteiger partial charge in [0.1, 0.15) is 11.5 Å². The second-order valence-corrected chi connectivity index (χ2v) is 19.9. The Kier molecular flexibility index (Phi) is 10.6. The molecule has 2 aromatic rings. The molecule has 1 radical (unpaired) electrons. The van der Waals surface area contributed by atoms with Crippen LogP contribution in [0.15, 0.2) is 29.6 Å². The van der Waals surface area contributed by atoms with Crippen LogP contribution in [0.5, 0.6) is 11.5 Å². The summed E-state index contributed by atoms with van der Waals surface area (Å²) in [7, 11) is -1.28. The molecule has 0 aliphatic rings. The van der Waals surface area contributed by atoms with Crippen LogP contribution >= 0.6 is 11.3 Å². The van der Waals surface area contributed by atoms with Crippen LogP contribution in [0.1, 0.15) is 51.9 Å². The number of carbonyl (C=O) groups is 1. The van der Waals surface area contributed by atoms with E-state index in [1.54, 1.807) is 18.4 Å². The van der Waals surface area contributed by atoms with Crippen molar-refractivity contribution in [1.82, 2.24) is 0 Å². The van der Waals surface area contributed by atoms with E-state index in [2.05, 4.69) is 67.7 Å². The van der Waals surface area contributed by atoms with Gasteiger partial charge in [0.15, 0.2) is 14.6 Å². The first-order valence-corrected chi connectivity index (χ1v) is 18.7. The molecule has 1 heterocycles. The van der Waals surface area contributed by atoms with E-state index in [1.807, 2.05) is 29.6 Å². The standard InChI is InChI=1S/C28H45O5SSi2/c1-27(2,3)26(33-35(8)9)21(19-32-36(10,11)28(4,5)6)18-31-23-16-24(30-7)22(15-20(23)17-29)25-13-12-14-34-25/h12-17,21,26H,18-19H2,1-11H3. The van der Waals surface area contributed by atoms with Gasteiger partial charge in [-0.1, -0.05) is 47.6 Å². The molecule has 0 aliphatic heterocycles. The lowest BCUT2D eigenvalue weighted by Crippen LogP contribution is -2.48. The maximum atomic E-state index is 12.0. The number of aldehydes is 1. The predicted molar refractivity (Wildman–Crippen MR) is 156 cm³/mol. The van der Waals surface area contributed by atoms with Crippen LogP contribution < -0.4 is 9.47 Å². The summed E-state index contributed by atoms with van der Waals surface area (Å²) in [5, 5.41) is 2.12. The van der Waals surface area contributed by atoms with Crippen LogP contribution in [-0.2, 0) is 8.85 Å². The van der Waals surface area contributed by atoms with Gasteiger partial charge in [-0.15, -0.1) is 11.3 Å². The summed E-state index contributed by atoms with van der Waals surface area (Å²) in [6.45, 7) is 23.2.